The van der Waals surface area contributed by atoms with Crippen molar-refractivity contribution in [1.29, 1.82) is 0 Å². The molecule has 0 aliphatic rings. The standard InChI is InChI=1S/C14H18FN/c1-4-16(5-2)8-6-7-13-9-12(3)10-14(15)11-13/h9-11H,4-5,8H2,1-3H3. The lowest BCUT2D eigenvalue weighted by Gasteiger charge is -2.13. The Morgan fingerprint density at radius 3 is 2.44 bits per heavy atom. The van der Waals surface area contributed by atoms with E-state index in [-0.39, 0.29) is 5.82 Å². The highest BCUT2D eigenvalue weighted by molar-refractivity contribution is 5.37. The Labute approximate surface area is 97.3 Å². The number of nitrogens with zero attached hydrogens (tertiary/aromatic N) is 1. The fourth-order valence-electron chi connectivity index (χ4n) is 1.51. The van der Waals surface area contributed by atoms with E-state index in [1.165, 1.54) is 12.1 Å². The average molecular weight is 219 g/mol. The van der Waals surface area contributed by atoms with Gasteiger partial charge in [0.05, 0.1) is 6.54 Å². The Morgan fingerprint density at radius 2 is 1.88 bits per heavy atom. The maximum Gasteiger partial charge on any atom is 0.124 e. The first-order valence-electron chi connectivity index (χ1n) is 5.64. The molecule has 1 nitrogen and oxygen atoms in total. The minimum Gasteiger partial charge on any atom is -0.293 e. The second-order valence-corrected chi connectivity index (χ2v) is 3.78. The minimum absolute atomic E-state index is 0.216. The molecular weight excluding hydrogens is 201 g/mol. The number of hydrogen-bond acceptors (Lipinski definition) is 1. The largest absolute Gasteiger partial charge is 0.293 e. The van der Waals surface area contributed by atoms with Crippen molar-refractivity contribution in [2.45, 2.75) is 20.8 Å². The number of hydrogen-bond donors (Lipinski definition) is 0. The molecule has 2 heteroatoms. The highest BCUT2D eigenvalue weighted by Crippen LogP contribution is 2.06. The van der Waals surface area contributed by atoms with Crippen LogP contribution in [-0.4, -0.2) is 24.5 Å². The lowest BCUT2D eigenvalue weighted by atomic mass is 10.1. The lowest BCUT2D eigenvalue weighted by molar-refractivity contribution is 0.342. The second-order valence-electron chi connectivity index (χ2n) is 3.78. The van der Waals surface area contributed by atoms with E-state index in [0.717, 1.165) is 30.8 Å². The van der Waals surface area contributed by atoms with Crippen LogP contribution in [0.5, 0.6) is 0 Å². The molecule has 1 rings (SSSR count). The van der Waals surface area contributed by atoms with Crippen LogP contribution in [0.3, 0.4) is 0 Å². The van der Waals surface area contributed by atoms with Crippen LogP contribution in [-0.2, 0) is 0 Å². The molecule has 0 saturated heterocycles. The van der Waals surface area contributed by atoms with Crippen LogP contribution >= 0.6 is 0 Å². The molecule has 0 aliphatic heterocycles. The van der Waals surface area contributed by atoms with Crippen molar-refractivity contribution in [3.63, 3.8) is 0 Å². The smallest absolute Gasteiger partial charge is 0.124 e. The first-order valence-corrected chi connectivity index (χ1v) is 5.64. The predicted octanol–water partition coefficient (Wildman–Crippen LogP) is 2.83. The quantitative estimate of drug-likeness (QED) is 0.707. The number of halogens is 1. The zero-order valence-corrected chi connectivity index (χ0v) is 10.2. The third-order valence-electron chi connectivity index (χ3n) is 2.47. The number of aryl methyl sites for hydroxylation is 1. The topological polar surface area (TPSA) is 3.24 Å². The van der Waals surface area contributed by atoms with Crippen molar-refractivity contribution in [3.05, 3.63) is 35.1 Å². The van der Waals surface area contributed by atoms with Gasteiger partial charge in [0.1, 0.15) is 5.82 Å². The first-order chi connectivity index (χ1) is 7.65. The van der Waals surface area contributed by atoms with Crippen molar-refractivity contribution in [3.8, 4) is 11.8 Å². The average Bonchev–Trinajstić information content (AvgIpc) is 2.23. The summed E-state index contributed by atoms with van der Waals surface area (Å²) in [6.07, 6.45) is 0. The zero-order chi connectivity index (χ0) is 12.0. The predicted molar refractivity (Wildman–Crippen MR) is 65.8 cm³/mol. The van der Waals surface area contributed by atoms with Crippen molar-refractivity contribution in [2.75, 3.05) is 19.6 Å². The van der Waals surface area contributed by atoms with Gasteiger partial charge in [-0.25, -0.2) is 4.39 Å². The molecule has 0 amide bonds. The normalized spacial score (nSPS) is 10.1. The molecule has 1 aromatic carbocycles. The second kappa shape index (κ2) is 6.30. The third kappa shape index (κ3) is 4.04. The van der Waals surface area contributed by atoms with E-state index in [1.54, 1.807) is 0 Å². The van der Waals surface area contributed by atoms with Gasteiger partial charge in [-0.15, -0.1) is 0 Å². The van der Waals surface area contributed by atoms with Gasteiger partial charge in [0.2, 0.25) is 0 Å². The van der Waals surface area contributed by atoms with E-state index >= 15 is 0 Å². The van der Waals surface area contributed by atoms with Crippen LogP contribution in [0.2, 0.25) is 0 Å². The summed E-state index contributed by atoms with van der Waals surface area (Å²) in [6, 6.07) is 4.89. The van der Waals surface area contributed by atoms with Gasteiger partial charge in [0.25, 0.3) is 0 Å². The summed E-state index contributed by atoms with van der Waals surface area (Å²) >= 11 is 0. The fourth-order valence-corrected chi connectivity index (χ4v) is 1.51. The third-order valence-corrected chi connectivity index (χ3v) is 2.47. The Hall–Kier alpha value is -1.33. The first kappa shape index (κ1) is 12.7. The van der Waals surface area contributed by atoms with Crippen LogP contribution in [0.4, 0.5) is 4.39 Å². The van der Waals surface area contributed by atoms with Crippen molar-refractivity contribution < 1.29 is 4.39 Å². The van der Waals surface area contributed by atoms with Crippen LogP contribution in [0, 0.1) is 24.6 Å². The Morgan fingerprint density at radius 1 is 1.19 bits per heavy atom. The SMILES string of the molecule is CCN(CC)CC#Cc1cc(C)cc(F)c1. The Kier molecular flexibility index (Phi) is 5.01. The van der Waals surface area contributed by atoms with Crippen LogP contribution in [0.15, 0.2) is 18.2 Å². The monoisotopic (exact) mass is 219 g/mol. The number of benzene rings is 1. The summed E-state index contributed by atoms with van der Waals surface area (Å²) in [5.41, 5.74) is 1.66. The summed E-state index contributed by atoms with van der Waals surface area (Å²) in [5, 5.41) is 0. The molecule has 0 saturated carbocycles. The number of rotatable bonds is 3. The fraction of sp³-hybridized carbons (Fsp3) is 0.429. The molecule has 0 unspecified atom stereocenters. The molecule has 0 aliphatic carbocycles. The Balaban J connectivity index is 2.69. The van der Waals surface area contributed by atoms with Gasteiger partial charge in [-0.05, 0) is 43.8 Å². The van der Waals surface area contributed by atoms with Crippen molar-refractivity contribution in [1.82, 2.24) is 4.90 Å². The maximum absolute atomic E-state index is 13.1. The molecule has 0 atom stereocenters. The molecule has 86 valence electrons. The molecule has 0 fully saturated rings. The van der Waals surface area contributed by atoms with Crippen molar-refractivity contribution >= 4 is 0 Å². The minimum atomic E-state index is -0.216. The summed E-state index contributed by atoms with van der Waals surface area (Å²) in [4.78, 5) is 2.22. The summed E-state index contributed by atoms with van der Waals surface area (Å²) in [5.74, 6) is 5.85. The highest BCUT2D eigenvalue weighted by atomic mass is 19.1. The maximum atomic E-state index is 13.1. The lowest BCUT2D eigenvalue weighted by Crippen LogP contribution is -2.22. The molecule has 0 bridgehead atoms. The van der Waals surface area contributed by atoms with Crippen LogP contribution in [0.1, 0.15) is 25.0 Å². The highest BCUT2D eigenvalue weighted by Gasteiger charge is 1.96. The molecule has 0 radical (unpaired) electrons. The van der Waals surface area contributed by atoms with Gasteiger partial charge in [0.15, 0.2) is 0 Å². The molecule has 0 aromatic heterocycles. The Bertz CT molecular complexity index is 377. The van der Waals surface area contributed by atoms with Crippen LogP contribution in [0.25, 0.3) is 0 Å². The molecular formula is C14H18FN. The summed E-state index contributed by atoms with van der Waals surface area (Å²) in [7, 11) is 0. The molecule has 0 spiro atoms. The summed E-state index contributed by atoms with van der Waals surface area (Å²) in [6.45, 7) is 8.82. The summed E-state index contributed by atoms with van der Waals surface area (Å²) < 4.78 is 13.1. The van der Waals surface area contributed by atoms with Gasteiger partial charge in [-0.1, -0.05) is 25.7 Å². The molecule has 16 heavy (non-hydrogen) atoms. The van der Waals surface area contributed by atoms with E-state index in [0.29, 0.717) is 0 Å². The van der Waals surface area contributed by atoms with Gasteiger partial charge in [0, 0.05) is 5.56 Å². The van der Waals surface area contributed by atoms with Gasteiger partial charge >= 0.3 is 0 Å². The molecule has 0 N–H and O–H groups in total. The molecule has 0 heterocycles. The van der Waals surface area contributed by atoms with Crippen molar-refractivity contribution in [2.24, 2.45) is 0 Å². The van der Waals surface area contributed by atoms with E-state index in [1.807, 2.05) is 13.0 Å². The zero-order valence-electron chi connectivity index (χ0n) is 10.2. The van der Waals surface area contributed by atoms with E-state index in [2.05, 4.69) is 30.6 Å². The van der Waals surface area contributed by atoms with E-state index in [9.17, 15) is 4.39 Å². The van der Waals surface area contributed by atoms with E-state index in [4.69, 9.17) is 0 Å². The van der Waals surface area contributed by atoms with E-state index < -0.39 is 0 Å². The van der Waals surface area contributed by atoms with Gasteiger partial charge in [-0.3, -0.25) is 4.90 Å². The van der Waals surface area contributed by atoms with Gasteiger partial charge < -0.3 is 0 Å². The van der Waals surface area contributed by atoms with Crippen LogP contribution < -0.4 is 0 Å². The molecule has 1 aromatic rings. The van der Waals surface area contributed by atoms with Gasteiger partial charge in [-0.2, -0.15) is 0 Å².